The van der Waals surface area contributed by atoms with Crippen molar-refractivity contribution in [3.8, 4) is 11.5 Å². The van der Waals surface area contributed by atoms with Crippen LogP contribution in [0.25, 0.3) is 0 Å². The molecule has 0 bridgehead atoms. The van der Waals surface area contributed by atoms with Crippen molar-refractivity contribution in [3.05, 3.63) is 46.4 Å². The summed E-state index contributed by atoms with van der Waals surface area (Å²) in [6, 6.07) is 9.06. The minimum absolute atomic E-state index is 0.216. The van der Waals surface area contributed by atoms with E-state index in [1.807, 2.05) is 13.8 Å². The van der Waals surface area contributed by atoms with Crippen LogP contribution in [0.3, 0.4) is 0 Å². The van der Waals surface area contributed by atoms with Gasteiger partial charge in [-0.1, -0.05) is 29.8 Å². The highest BCUT2D eigenvalue weighted by Gasteiger charge is 2.52. The van der Waals surface area contributed by atoms with Crippen molar-refractivity contribution in [3.63, 3.8) is 0 Å². The molecule has 2 aromatic carbocycles. The van der Waals surface area contributed by atoms with Crippen molar-refractivity contribution in [2.45, 2.75) is 26.0 Å². The number of anilines is 2. The number of nitrogens with zero attached hydrogens (tertiary/aromatic N) is 1. The van der Waals surface area contributed by atoms with E-state index in [0.29, 0.717) is 28.4 Å². The Hall–Kier alpha value is -2.78. The summed E-state index contributed by atoms with van der Waals surface area (Å²) in [4.78, 5) is 27.5. The number of ether oxygens (including phenoxy) is 2. The van der Waals surface area contributed by atoms with Crippen molar-refractivity contribution in [2.75, 3.05) is 31.0 Å². The fourth-order valence-corrected chi connectivity index (χ4v) is 3.79. The Morgan fingerprint density at radius 1 is 1.23 bits per heavy atom. The predicted octanol–water partition coefficient (Wildman–Crippen LogP) is 3.83. The molecule has 1 aliphatic rings. The molecule has 3 N–H and O–H groups in total. The number of carbonyl (C=O) groups excluding carboxylic acids is 2. The molecule has 1 atom stereocenters. The van der Waals surface area contributed by atoms with Gasteiger partial charge in [-0.05, 0) is 42.7 Å². The zero-order chi connectivity index (χ0) is 22.8. The lowest BCUT2D eigenvalue weighted by Gasteiger charge is -2.43. The summed E-state index contributed by atoms with van der Waals surface area (Å²) >= 11 is 3.39. The number of amides is 3. The van der Waals surface area contributed by atoms with E-state index in [0.717, 1.165) is 11.3 Å². The van der Waals surface area contributed by atoms with Crippen LogP contribution in [0.2, 0.25) is 0 Å². The summed E-state index contributed by atoms with van der Waals surface area (Å²) in [5.74, 6) is 0.427. The zero-order valence-corrected chi connectivity index (χ0v) is 19.4. The fourth-order valence-electron chi connectivity index (χ4n) is 3.43. The lowest BCUT2D eigenvalue weighted by atomic mass is 9.94. The second kappa shape index (κ2) is 9.15. The topological polar surface area (TPSA) is 100 Å². The SMILES string of the molecule is COc1ccc(N2C(=O)Nc3ccc(Br)cc3C2(O)C(=O)NCCC(C)C)c(OC)c1. The highest BCUT2D eigenvalue weighted by Crippen LogP contribution is 2.44. The minimum Gasteiger partial charge on any atom is -0.497 e. The number of methoxy groups -OCH3 is 2. The first-order chi connectivity index (χ1) is 14.7. The van der Waals surface area contributed by atoms with Gasteiger partial charge in [0.15, 0.2) is 0 Å². The van der Waals surface area contributed by atoms with Gasteiger partial charge in [0.2, 0.25) is 0 Å². The highest BCUT2D eigenvalue weighted by atomic mass is 79.9. The molecule has 2 aromatic rings. The molecule has 166 valence electrons. The molecule has 31 heavy (non-hydrogen) atoms. The summed E-state index contributed by atoms with van der Waals surface area (Å²) in [5.41, 5.74) is -1.51. The molecule has 1 aliphatic heterocycles. The number of fused-ring (bicyclic) bond motifs is 1. The van der Waals surface area contributed by atoms with Gasteiger partial charge in [-0.3, -0.25) is 4.79 Å². The first kappa shape index (κ1) is 22.9. The third-order valence-electron chi connectivity index (χ3n) is 5.08. The maximum atomic E-state index is 13.4. The maximum Gasteiger partial charge on any atom is 0.329 e. The van der Waals surface area contributed by atoms with Crippen LogP contribution in [0.4, 0.5) is 16.2 Å². The van der Waals surface area contributed by atoms with E-state index < -0.39 is 17.7 Å². The first-order valence-electron chi connectivity index (χ1n) is 9.86. The van der Waals surface area contributed by atoms with E-state index in [4.69, 9.17) is 9.47 Å². The van der Waals surface area contributed by atoms with E-state index in [-0.39, 0.29) is 17.0 Å². The summed E-state index contributed by atoms with van der Waals surface area (Å²) in [6.07, 6.45) is 0.727. The Bertz CT molecular complexity index is 997. The van der Waals surface area contributed by atoms with Crippen LogP contribution in [0.1, 0.15) is 25.8 Å². The number of carbonyl (C=O) groups is 2. The monoisotopic (exact) mass is 491 g/mol. The standard InChI is InChI=1S/C22H26BrN3O5/c1-13(2)9-10-24-20(27)22(29)16-11-14(23)5-7-17(16)25-21(28)26(22)18-8-6-15(30-3)12-19(18)31-4/h5-8,11-13,29H,9-10H2,1-4H3,(H,24,27)(H,25,28). The van der Waals surface area contributed by atoms with Gasteiger partial charge in [0.05, 0.1) is 25.6 Å². The largest absolute Gasteiger partial charge is 0.497 e. The molecule has 3 rings (SSSR count). The molecule has 9 heteroatoms. The van der Waals surface area contributed by atoms with Gasteiger partial charge in [-0.2, -0.15) is 0 Å². The van der Waals surface area contributed by atoms with Crippen molar-refractivity contribution < 1.29 is 24.2 Å². The Morgan fingerprint density at radius 3 is 2.61 bits per heavy atom. The first-order valence-corrected chi connectivity index (χ1v) is 10.7. The van der Waals surface area contributed by atoms with Crippen LogP contribution in [0.5, 0.6) is 11.5 Å². The molecule has 1 unspecified atom stereocenters. The Kier molecular flexibility index (Phi) is 6.76. The summed E-state index contributed by atoms with van der Waals surface area (Å²) < 4.78 is 11.3. The van der Waals surface area contributed by atoms with E-state index in [2.05, 4.69) is 26.6 Å². The van der Waals surface area contributed by atoms with Gasteiger partial charge >= 0.3 is 6.03 Å². The van der Waals surface area contributed by atoms with Gasteiger partial charge in [-0.15, -0.1) is 0 Å². The number of nitrogens with one attached hydrogen (secondary N) is 2. The summed E-state index contributed by atoms with van der Waals surface area (Å²) in [5, 5.41) is 17.4. The van der Waals surface area contributed by atoms with Gasteiger partial charge < -0.3 is 25.2 Å². The molecule has 8 nitrogen and oxygen atoms in total. The summed E-state index contributed by atoms with van der Waals surface area (Å²) in [6.45, 7) is 4.43. The lowest BCUT2D eigenvalue weighted by molar-refractivity contribution is -0.140. The molecule has 0 saturated carbocycles. The van der Waals surface area contributed by atoms with Crippen LogP contribution in [-0.4, -0.2) is 37.8 Å². The second-order valence-electron chi connectivity index (χ2n) is 7.60. The Labute approximate surface area is 189 Å². The van der Waals surface area contributed by atoms with Gasteiger partial charge in [0, 0.05) is 22.6 Å². The van der Waals surface area contributed by atoms with Crippen LogP contribution in [-0.2, 0) is 10.5 Å². The van der Waals surface area contributed by atoms with E-state index in [9.17, 15) is 14.7 Å². The van der Waals surface area contributed by atoms with Gasteiger partial charge in [0.1, 0.15) is 11.5 Å². The molecular weight excluding hydrogens is 466 g/mol. The van der Waals surface area contributed by atoms with Gasteiger partial charge in [0.25, 0.3) is 11.6 Å². The molecule has 0 aliphatic carbocycles. The second-order valence-corrected chi connectivity index (χ2v) is 8.52. The molecule has 0 radical (unpaired) electrons. The number of benzene rings is 2. The number of hydrogen-bond acceptors (Lipinski definition) is 5. The van der Waals surface area contributed by atoms with Crippen molar-refractivity contribution in [1.82, 2.24) is 5.32 Å². The van der Waals surface area contributed by atoms with Gasteiger partial charge in [-0.25, -0.2) is 9.69 Å². The van der Waals surface area contributed by atoms with Crippen LogP contribution < -0.4 is 25.0 Å². The molecule has 3 amide bonds. The molecule has 0 spiro atoms. The molecule has 0 fully saturated rings. The third kappa shape index (κ3) is 4.33. The quantitative estimate of drug-likeness (QED) is 0.546. The van der Waals surface area contributed by atoms with Crippen molar-refractivity contribution >= 4 is 39.2 Å². The predicted molar refractivity (Wildman–Crippen MR) is 122 cm³/mol. The lowest BCUT2D eigenvalue weighted by Crippen LogP contribution is -2.62. The number of aliphatic hydroxyl groups is 1. The van der Waals surface area contributed by atoms with Crippen LogP contribution in [0, 0.1) is 5.92 Å². The molecule has 0 saturated heterocycles. The normalized spacial score (nSPS) is 17.8. The fraction of sp³-hybridized carbons (Fsp3) is 0.364. The zero-order valence-electron chi connectivity index (χ0n) is 17.9. The maximum absolute atomic E-state index is 13.4. The van der Waals surface area contributed by atoms with Crippen molar-refractivity contribution in [2.24, 2.45) is 5.92 Å². The Morgan fingerprint density at radius 2 is 1.97 bits per heavy atom. The average Bonchev–Trinajstić information content (AvgIpc) is 2.74. The number of rotatable bonds is 7. The van der Waals surface area contributed by atoms with Crippen molar-refractivity contribution in [1.29, 1.82) is 0 Å². The van der Waals surface area contributed by atoms with E-state index in [1.54, 1.807) is 36.4 Å². The number of hydrogen-bond donors (Lipinski definition) is 3. The van der Waals surface area contributed by atoms with E-state index >= 15 is 0 Å². The molecular formula is C22H26BrN3O5. The van der Waals surface area contributed by atoms with E-state index in [1.165, 1.54) is 14.2 Å². The minimum atomic E-state index is -2.31. The summed E-state index contributed by atoms with van der Waals surface area (Å²) in [7, 11) is 2.95. The molecule has 0 aromatic heterocycles. The Balaban J connectivity index is 2.16. The number of urea groups is 1. The molecule has 1 heterocycles. The van der Waals surface area contributed by atoms with Crippen LogP contribution in [0.15, 0.2) is 40.9 Å². The smallest absolute Gasteiger partial charge is 0.329 e. The highest BCUT2D eigenvalue weighted by molar-refractivity contribution is 9.10. The average molecular weight is 492 g/mol. The number of halogens is 1. The van der Waals surface area contributed by atoms with Crippen LogP contribution >= 0.6 is 15.9 Å². The third-order valence-corrected chi connectivity index (χ3v) is 5.57.